The van der Waals surface area contributed by atoms with Gasteiger partial charge in [-0.1, -0.05) is 18.2 Å². The van der Waals surface area contributed by atoms with E-state index in [1.54, 1.807) is 23.0 Å². The summed E-state index contributed by atoms with van der Waals surface area (Å²) < 4.78 is 15.7. The number of anilines is 1. The van der Waals surface area contributed by atoms with Crippen molar-refractivity contribution in [3.8, 4) is 0 Å². The quantitative estimate of drug-likeness (QED) is 0.643. The van der Waals surface area contributed by atoms with Gasteiger partial charge in [0, 0.05) is 23.7 Å². The third-order valence-electron chi connectivity index (χ3n) is 5.22. The van der Waals surface area contributed by atoms with E-state index in [-0.39, 0.29) is 24.1 Å². The number of rotatable bonds is 5. The van der Waals surface area contributed by atoms with Gasteiger partial charge in [-0.15, -0.1) is 23.7 Å². The zero-order chi connectivity index (χ0) is 19.6. The largest absolute Gasteiger partial charge is 0.317 e. The zero-order valence-corrected chi connectivity index (χ0v) is 17.7. The van der Waals surface area contributed by atoms with Gasteiger partial charge in [0.15, 0.2) is 5.13 Å². The lowest BCUT2D eigenvalue weighted by Crippen LogP contribution is -2.52. The van der Waals surface area contributed by atoms with E-state index in [2.05, 4.69) is 20.7 Å². The van der Waals surface area contributed by atoms with Gasteiger partial charge in [-0.05, 0) is 50.6 Å². The van der Waals surface area contributed by atoms with E-state index in [4.69, 9.17) is 0 Å². The first-order valence-corrected chi connectivity index (χ1v) is 10.1. The predicted octanol–water partition coefficient (Wildman–Crippen LogP) is 3.52. The van der Waals surface area contributed by atoms with E-state index < -0.39 is 5.54 Å². The molecule has 1 saturated heterocycles. The van der Waals surface area contributed by atoms with Crippen molar-refractivity contribution in [3.63, 3.8) is 0 Å². The molecular weight excluding hydrogens is 413 g/mol. The average molecular weight is 436 g/mol. The summed E-state index contributed by atoms with van der Waals surface area (Å²) in [5.74, 6) is -0.336. The fourth-order valence-electron chi connectivity index (χ4n) is 3.60. The number of hydrogen-bond donors (Lipinski definition) is 2. The molecule has 29 heavy (non-hydrogen) atoms. The number of piperidine rings is 1. The minimum Gasteiger partial charge on any atom is -0.317 e. The highest BCUT2D eigenvalue weighted by molar-refractivity contribution is 7.15. The fourth-order valence-corrected chi connectivity index (χ4v) is 4.58. The number of benzene rings is 1. The predicted molar refractivity (Wildman–Crippen MR) is 114 cm³/mol. The van der Waals surface area contributed by atoms with Crippen LogP contribution in [0, 0.1) is 12.7 Å². The Kier molecular flexibility index (Phi) is 6.66. The molecule has 0 saturated carbocycles. The Labute approximate surface area is 179 Å². The topological polar surface area (TPSA) is 71.8 Å². The van der Waals surface area contributed by atoms with E-state index in [0.717, 1.165) is 23.7 Å². The Bertz CT molecular complexity index is 969. The van der Waals surface area contributed by atoms with Crippen LogP contribution in [0.4, 0.5) is 9.52 Å². The number of amides is 1. The van der Waals surface area contributed by atoms with Crippen LogP contribution in [-0.2, 0) is 16.8 Å². The number of hydrogen-bond acceptors (Lipinski definition) is 5. The average Bonchev–Trinajstić information content (AvgIpc) is 3.35. The highest BCUT2D eigenvalue weighted by Crippen LogP contribution is 2.31. The lowest BCUT2D eigenvalue weighted by atomic mass is 9.87. The van der Waals surface area contributed by atoms with Gasteiger partial charge in [0.1, 0.15) is 11.4 Å². The van der Waals surface area contributed by atoms with Crippen LogP contribution >= 0.6 is 23.7 Å². The van der Waals surface area contributed by atoms with Gasteiger partial charge in [-0.2, -0.15) is 5.10 Å². The minimum atomic E-state index is -0.722. The zero-order valence-electron chi connectivity index (χ0n) is 16.0. The molecule has 1 amide bonds. The van der Waals surface area contributed by atoms with Crippen molar-refractivity contribution in [2.24, 2.45) is 0 Å². The monoisotopic (exact) mass is 435 g/mol. The van der Waals surface area contributed by atoms with Gasteiger partial charge < -0.3 is 5.32 Å². The molecule has 9 heteroatoms. The van der Waals surface area contributed by atoms with Gasteiger partial charge >= 0.3 is 0 Å². The molecule has 4 rings (SSSR count). The molecule has 0 atom stereocenters. The first-order valence-electron chi connectivity index (χ1n) is 9.30. The maximum Gasteiger partial charge on any atom is 0.254 e. The molecule has 3 heterocycles. The molecule has 2 aromatic heterocycles. The second-order valence-corrected chi connectivity index (χ2v) is 8.07. The van der Waals surface area contributed by atoms with Crippen molar-refractivity contribution in [2.75, 3.05) is 18.4 Å². The summed E-state index contributed by atoms with van der Waals surface area (Å²) in [6.07, 6.45) is 5.30. The van der Waals surface area contributed by atoms with Crippen LogP contribution in [0.25, 0.3) is 0 Å². The molecule has 0 spiro atoms. The molecule has 154 valence electrons. The number of nitrogens with zero attached hydrogens (tertiary/aromatic N) is 3. The van der Waals surface area contributed by atoms with Crippen molar-refractivity contribution in [3.05, 3.63) is 64.7 Å². The van der Waals surface area contributed by atoms with Crippen LogP contribution < -0.4 is 10.6 Å². The van der Waals surface area contributed by atoms with Gasteiger partial charge in [0.25, 0.3) is 5.91 Å². The lowest BCUT2D eigenvalue weighted by molar-refractivity contribution is -0.126. The first kappa shape index (κ1) is 21.4. The molecule has 0 radical (unpaired) electrons. The second-order valence-electron chi connectivity index (χ2n) is 6.98. The van der Waals surface area contributed by atoms with Crippen LogP contribution in [0.15, 0.2) is 42.7 Å². The third kappa shape index (κ3) is 4.34. The molecule has 3 aromatic rings. The number of aromatic nitrogens is 3. The Morgan fingerprint density at radius 3 is 2.76 bits per heavy atom. The summed E-state index contributed by atoms with van der Waals surface area (Å²) in [5, 5.41) is 11.2. The van der Waals surface area contributed by atoms with Crippen molar-refractivity contribution in [1.82, 2.24) is 20.1 Å². The Hall–Kier alpha value is -2.29. The fraction of sp³-hybridized carbons (Fsp3) is 0.350. The number of thiazole rings is 1. The molecule has 1 aromatic carbocycles. The number of nitrogens with one attached hydrogen (secondary N) is 2. The Morgan fingerprint density at radius 1 is 1.31 bits per heavy atom. The van der Waals surface area contributed by atoms with E-state index in [0.29, 0.717) is 30.0 Å². The normalized spacial score (nSPS) is 15.5. The van der Waals surface area contributed by atoms with Gasteiger partial charge in [-0.25, -0.2) is 9.37 Å². The summed E-state index contributed by atoms with van der Waals surface area (Å²) in [4.78, 5) is 18.7. The highest BCUT2D eigenvalue weighted by Gasteiger charge is 2.42. The summed E-state index contributed by atoms with van der Waals surface area (Å²) in [6, 6.07) is 8.56. The number of aryl methyl sites for hydroxylation is 1. The maximum absolute atomic E-state index is 14.0. The third-order valence-corrected chi connectivity index (χ3v) is 6.29. The van der Waals surface area contributed by atoms with Gasteiger partial charge in [0.05, 0.1) is 5.69 Å². The minimum absolute atomic E-state index is 0. The van der Waals surface area contributed by atoms with E-state index >= 15 is 0 Å². The molecule has 0 unspecified atom stereocenters. The van der Waals surface area contributed by atoms with Crippen molar-refractivity contribution in [1.29, 1.82) is 0 Å². The first-order chi connectivity index (χ1) is 13.6. The Balaban J connectivity index is 0.00000240. The molecule has 6 nitrogen and oxygen atoms in total. The molecule has 0 bridgehead atoms. The van der Waals surface area contributed by atoms with Crippen LogP contribution in [0.2, 0.25) is 0 Å². The van der Waals surface area contributed by atoms with Crippen molar-refractivity contribution >= 4 is 34.8 Å². The number of carbonyl (C=O) groups excluding carboxylic acids is 1. The Morgan fingerprint density at radius 2 is 2.07 bits per heavy atom. The smallest absolute Gasteiger partial charge is 0.254 e. The SMILES string of the molecule is Cc1nc(NC(=O)C2(n3cccn3)CCNCC2)sc1Cc1ccccc1F.Cl. The summed E-state index contributed by atoms with van der Waals surface area (Å²) in [5.41, 5.74) is 0.709. The van der Waals surface area contributed by atoms with E-state index in [1.807, 2.05) is 25.3 Å². The molecule has 0 aliphatic carbocycles. The second kappa shape index (κ2) is 9.02. The van der Waals surface area contributed by atoms with E-state index in [1.165, 1.54) is 17.4 Å². The maximum atomic E-state index is 14.0. The van der Waals surface area contributed by atoms with E-state index in [9.17, 15) is 9.18 Å². The molecule has 1 fully saturated rings. The summed E-state index contributed by atoms with van der Waals surface area (Å²) in [7, 11) is 0. The molecular formula is C20H23ClFN5OS. The lowest BCUT2D eigenvalue weighted by Gasteiger charge is -2.36. The van der Waals surface area contributed by atoms with Gasteiger partial charge in [0.2, 0.25) is 0 Å². The molecule has 2 N–H and O–H groups in total. The molecule has 1 aliphatic rings. The number of carbonyl (C=O) groups is 1. The standard InChI is InChI=1S/C20H22FN5OS.ClH/c1-14-17(13-15-5-2-3-6-16(15)21)28-19(24-14)25-18(27)20(7-10-22-11-8-20)26-12-4-9-23-26;/h2-6,9,12,22H,7-8,10-11,13H2,1H3,(H,24,25,27);1H. The van der Waals surface area contributed by atoms with Crippen LogP contribution in [-0.4, -0.2) is 33.8 Å². The number of halogens is 2. The molecule has 1 aliphatic heterocycles. The van der Waals surface area contributed by atoms with Crippen LogP contribution in [0.3, 0.4) is 0 Å². The van der Waals surface area contributed by atoms with Crippen LogP contribution in [0.5, 0.6) is 0 Å². The summed E-state index contributed by atoms with van der Waals surface area (Å²) in [6.45, 7) is 3.39. The summed E-state index contributed by atoms with van der Waals surface area (Å²) >= 11 is 1.40. The van der Waals surface area contributed by atoms with Crippen LogP contribution in [0.1, 0.15) is 29.0 Å². The van der Waals surface area contributed by atoms with Gasteiger partial charge in [-0.3, -0.25) is 14.8 Å². The van der Waals surface area contributed by atoms with Crippen molar-refractivity contribution in [2.45, 2.75) is 31.7 Å². The van der Waals surface area contributed by atoms with Crippen molar-refractivity contribution < 1.29 is 9.18 Å². The highest BCUT2D eigenvalue weighted by atomic mass is 35.5.